The van der Waals surface area contributed by atoms with E-state index in [1.165, 1.54) is 70.3 Å². The van der Waals surface area contributed by atoms with E-state index in [9.17, 15) is 0 Å². The average molecular weight is 284 g/mol. The van der Waals surface area contributed by atoms with Gasteiger partial charge in [0.15, 0.2) is 0 Å². The normalized spacial score (nSPS) is 36.8. The van der Waals surface area contributed by atoms with Crippen LogP contribution in [0.25, 0.3) is 0 Å². The molecule has 0 saturated carbocycles. The Bertz CT molecular complexity index is 472. The summed E-state index contributed by atoms with van der Waals surface area (Å²) in [6.45, 7) is 5.17. The zero-order valence-electron chi connectivity index (χ0n) is 13.1. The maximum atomic E-state index is 3.68. The number of rotatable bonds is 2. The standard InChI is InChI=1S/C19H28N2/c1-2-6-16(7-3-1)14-17-15-20-11-9-19(17)10-13-21-12-5-4-8-18(19)21/h1-3,6-7,17-18,20H,4-5,8-15H2. The second kappa shape index (κ2) is 5.73. The molecule has 0 aliphatic carbocycles. The van der Waals surface area contributed by atoms with Crippen LogP contribution in [0.3, 0.4) is 0 Å². The molecule has 3 unspecified atom stereocenters. The molecule has 1 aromatic carbocycles. The van der Waals surface area contributed by atoms with Gasteiger partial charge in [0.05, 0.1) is 0 Å². The molecule has 1 N–H and O–H groups in total. The summed E-state index contributed by atoms with van der Waals surface area (Å²) in [5.74, 6) is 0.821. The van der Waals surface area contributed by atoms with Gasteiger partial charge in [-0.25, -0.2) is 0 Å². The van der Waals surface area contributed by atoms with Gasteiger partial charge in [0, 0.05) is 6.04 Å². The van der Waals surface area contributed by atoms with Gasteiger partial charge in [-0.2, -0.15) is 0 Å². The topological polar surface area (TPSA) is 15.3 Å². The molecule has 1 spiro atoms. The van der Waals surface area contributed by atoms with Crippen LogP contribution in [0.5, 0.6) is 0 Å². The summed E-state index contributed by atoms with van der Waals surface area (Å²) >= 11 is 0. The van der Waals surface area contributed by atoms with Gasteiger partial charge < -0.3 is 5.32 Å². The predicted octanol–water partition coefficient (Wildman–Crippen LogP) is 3.08. The first-order chi connectivity index (χ1) is 10.4. The molecule has 0 amide bonds. The lowest BCUT2D eigenvalue weighted by Gasteiger charge is -2.48. The minimum Gasteiger partial charge on any atom is -0.316 e. The molecule has 3 aliphatic heterocycles. The molecule has 4 rings (SSSR count). The van der Waals surface area contributed by atoms with Crippen LogP contribution in [0.15, 0.2) is 30.3 Å². The zero-order chi connectivity index (χ0) is 14.1. The van der Waals surface area contributed by atoms with Gasteiger partial charge in [0.1, 0.15) is 0 Å². The molecule has 21 heavy (non-hydrogen) atoms. The van der Waals surface area contributed by atoms with E-state index < -0.39 is 0 Å². The molecular formula is C19H28N2. The molecule has 0 bridgehead atoms. The fourth-order valence-electron chi connectivity index (χ4n) is 5.37. The van der Waals surface area contributed by atoms with Gasteiger partial charge in [0.2, 0.25) is 0 Å². The summed E-state index contributed by atoms with van der Waals surface area (Å²) < 4.78 is 0. The van der Waals surface area contributed by atoms with E-state index in [-0.39, 0.29) is 0 Å². The van der Waals surface area contributed by atoms with E-state index in [4.69, 9.17) is 0 Å². The molecule has 0 aromatic heterocycles. The number of hydrogen-bond acceptors (Lipinski definition) is 2. The van der Waals surface area contributed by atoms with E-state index in [0.29, 0.717) is 5.41 Å². The molecule has 2 nitrogen and oxygen atoms in total. The summed E-state index contributed by atoms with van der Waals surface area (Å²) in [6, 6.07) is 12.0. The van der Waals surface area contributed by atoms with E-state index in [0.717, 1.165) is 12.0 Å². The van der Waals surface area contributed by atoms with Crippen LogP contribution >= 0.6 is 0 Å². The minimum absolute atomic E-state index is 0.599. The van der Waals surface area contributed by atoms with Crippen molar-refractivity contribution in [2.45, 2.75) is 44.6 Å². The smallest absolute Gasteiger partial charge is 0.0156 e. The van der Waals surface area contributed by atoms with Crippen molar-refractivity contribution in [2.75, 3.05) is 26.2 Å². The second-order valence-electron chi connectivity index (χ2n) is 7.37. The van der Waals surface area contributed by atoms with E-state index in [1.807, 2.05) is 0 Å². The molecule has 2 heteroatoms. The predicted molar refractivity (Wildman–Crippen MR) is 87.4 cm³/mol. The van der Waals surface area contributed by atoms with Crippen LogP contribution in [-0.2, 0) is 6.42 Å². The average Bonchev–Trinajstić information content (AvgIpc) is 2.91. The molecule has 1 aromatic rings. The van der Waals surface area contributed by atoms with Crippen LogP contribution < -0.4 is 5.32 Å². The first kappa shape index (κ1) is 13.8. The van der Waals surface area contributed by atoms with Crippen molar-refractivity contribution in [3.05, 3.63) is 35.9 Å². The third kappa shape index (κ3) is 2.43. The van der Waals surface area contributed by atoms with Crippen molar-refractivity contribution in [1.29, 1.82) is 0 Å². The first-order valence-corrected chi connectivity index (χ1v) is 8.87. The highest BCUT2D eigenvalue weighted by atomic mass is 15.2. The summed E-state index contributed by atoms with van der Waals surface area (Å²) in [5, 5.41) is 3.68. The highest BCUT2D eigenvalue weighted by Gasteiger charge is 2.52. The molecule has 114 valence electrons. The number of benzene rings is 1. The SMILES string of the molecule is c1ccc(CC2CNCCC23CCN2CCCCC23)cc1. The Balaban J connectivity index is 1.59. The van der Waals surface area contributed by atoms with E-state index in [1.54, 1.807) is 0 Å². The molecular weight excluding hydrogens is 256 g/mol. The van der Waals surface area contributed by atoms with Crippen molar-refractivity contribution in [3.63, 3.8) is 0 Å². The molecule has 3 aliphatic rings. The Morgan fingerprint density at radius 1 is 1.10 bits per heavy atom. The largest absolute Gasteiger partial charge is 0.316 e. The monoisotopic (exact) mass is 284 g/mol. The van der Waals surface area contributed by atoms with Crippen molar-refractivity contribution < 1.29 is 0 Å². The lowest BCUT2D eigenvalue weighted by Crippen LogP contribution is -2.53. The van der Waals surface area contributed by atoms with E-state index in [2.05, 4.69) is 40.5 Å². The van der Waals surface area contributed by atoms with Crippen LogP contribution in [0, 0.1) is 11.3 Å². The van der Waals surface area contributed by atoms with Crippen molar-refractivity contribution >= 4 is 0 Å². The quantitative estimate of drug-likeness (QED) is 0.898. The Morgan fingerprint density at radius 3 is 2.90 bits per heavy atom. The fraction of sp³-hybridized carbons (Fsp3) is 0.684. The highest BCUT2D eigenvalue weighted by molar-refractivity contribution is 5.18. The van der Waals surface area contributed by atoms with Crippen molar-refractivity contribution in [3.8, 4) is 0 Å². The number of nitrogens with zero attached hydrogens (tertiary/aromatic N) is 1. The summed E-state index contributed by atoms with van der Waals surface area (Å²) in [7, 11) is 0. The van der Waals surface area contributed by atoms with Crippen molar-refractivity contribution in [2.24, 2.45) is 11.3 Å². The number of hydrogen-bond donors (Lipinski definition) is 1. The van der Waals surface area contributed by atoms with Gasteiger partial charge in [-0.1, -0.05) is 36.8 Å². The molecule has 3 atom stereocenters. The zero-order valence-corrected chi connectivity index (χ0v) is 13.1. The second-order valence-corrected chi connectivity index (χ2v) is 7.37. The van der Waals surface area contributed by atoms with Gasteiger partial charge in [-0.15, -0.1) is 0 Å². The Kier molecular flexibility index (Phi) is 3.76. The number of piperidine rings is 2. The van der Waals surface area contributed by atoms with Crippen LogP contribution in [0.4, 0.5) is 0 Å². The number of nitrogens with one attached hydrogen (secondary N) is 1. The Hall–Kier alpha value is -0.860. The van der Waals surface area contributed by atoms with Gasteiger partial charge in [-0.05, 0) is 75.2 Å². The Morgan fingerprint density at radius 2 is 2.00 bits per heavy atom. The highest BCUT2D eigenvalue weighted by Crippen LogP contribution is 2.51. The molecule has 3 saturated heterocycles. The van der Waals surface area contributed by atoms with Gasteiger partial charge in [-0.3, -0.25) is 4.90 Å². The van der Waals surface area contributed by atoms with Gasteiger partial charge in [0.25, 0.3) is 0 Å². The van der Waals surface area contributed by atoms with Crippen LogP contribution in [0.1, 0.15) is 37.7 Å². The van der Waals surface area contributed by atoms with Crippen LogP contribution in [-0.4, -0.2) is 37.1 Å². The lowest BCUT2D eigenvalue weighted by atomic mass is 9.62. The number of fused-ring (bicyclic) bond motifs is 2. The van der Waals surface area contributed by atoms with Crippen molar-refractivity contribution in [1.82, 2.24) is 10.2 Å². The summed E-state index contributed by atoms with van der Waals surface area (Å²) in [5.41, 5.74) is 2.13. The first-order valence-electron chi connectivity index (χ1n) is 8.87. The van der Waals surface area contributed by atoms with Gasteiger partial charge >= 0.3 is 0 Å². The summed E-state index contributed by atoms with van der Waals surface area (Å²) in [4.78, 5) is 2.83. The fourth-order valence-corrected chi connectivity index (χ4v) is 5.37. The summed E-state index contributed by atoms with van der Waals surface area (Å²) in [6.07, 6.45) is 8.43. The third-order valence-electron chi connectivity index (χ3n) is 6.44. The van der Waals surface area contributed by atoms with E-state index >= 15 is 0 Å². The molecule has 0 radical (unpaired) electrons. The third-order valence-corrected chi connectivity index (χ3v) is 6.44. The maximum Gasteiger partial charge on any atom is 0.0156 e. The minimum atomic E-state index is 0.599. The lowest BCUT2D eigenvalue weighted by molar-refractivity contribution is 0.0351. The molecule has 3 heterocycles. The molecule has 3 fully saturated rings. The maximum absolute atomic E-state index is 3.68. The Labute approximate surface area is 128 Å². The van der Waals surface area contributed by atoms with Crippen LogP contribution in [0.2, 0.25) is 0 Å².